The van der Waals surface area contributed by atoms with Gasteiger partial charge in [0.1, 0.15) is 5.82 Å². The molecule has 1 heterocycles. The molecule has 0 aliphatic carbocycles. The van der Waals surface area contributed by atoms with Crippen LogP contribution in [0.25, 0.3) is 0 Å². The molecule has 0 amide bonds. The first-order valence-electron chi connectivity index (χ1n) is 7.52. The third-order valence-corrected chi connectivity index (χ3v) is 3.44. The lowest BCUT2D eigenvalue weighted by Crippen LogP contribution is -2.17. The lowest BCUT2D eigenvalue weighted by atomic mass is 9.88. The Labute approximate surface area is 119 Å². The van der Waals surface area contributed by atoms with Crippen LogP contribution in [0.3, 0.4) is 0 Å². The van der Waals surface area contributed by atoms with Crippen LogP contribution < -0.4 is 5.32 Å². The molecule has 0 bridgehead atoms. The Bertz CT molecular complexity index is 360. The highest BCUT2D eigenvalue weighted by molar-refractivity contribution is 5.37. The van der Waals surface area contributed by atoms with Gasteiger partial charge in [-0.25, -0.2) is 4.98 Å². The second-order valence-electron chi connectivity index (χ2n) is 7.05. The summed E-state index contributed by atoms with van der Waals surface area (Å²) in [7, 11) is 0. The Hall–Kier alpha value is -1.05. The van der Waals surface area contributed by atoms with Gasteiger partial charge in [0.25, 0.3) is 0 Å². The number of hydrogen-bond acceptors (Lipinski definition) is 2. The van der Waals surface area contributed by atoms with Crippen molar-refractivity contribution >= 4 is 5.82 Å². The Kier molecular flexibility index (Phi) is 5.84. The summed E-state index contributed by atoms with van der Waals surface area (Å²) in [6, 6.07) is 4.77. The van der Waals surface area contributed by atoms with Crippen molar-refractivity contribution in [2.75, 3.05) is 5.32 Å². The topological polar surface area (TPSA) is 24.9 Å². The summed E-state index contributed by atoms with van der Waals surface area (Å²) in [5, 5.41) is 3.48. The first-order chi connectivity index (χ1) is 8.79. The van der Waals surface area contributed by atoms with Gasteiger partial charge in [0, 0.05) is 12.2 Å². The molecule has 1 N–H and O–H groups in total. The highest BCUT2D eigenvalue weighted by atomic mass is 15.0. The van der Waals surface area contributed by atoms with Crippen LogP contribution in [0.5, 0.6) is 0 Å². The predicted molar refractivity (Wildman–Crippen MR) is 84.7 cm³/mol. The molecule has 0 aliphatic heterocycles. The molecule has 2 nitrogen and oxygen atoms in total. The van der Waals surface area contributed by atoms with Crippen LogP contribution >= 0.6 is 0 Å². The number of anilines is 1. The van der Waals surface area contributed by atoms with Crippen LogP contribution in [-0.4, -0.2) is 11.0 Å². The smallest absolute Gasteiger partial charge is 0.126 e. The van der Waals surface area contributed by atoms with E-state index in [1.165, 1.54) is 24.8 Å². The maximum Gasteiger partial charge on any atom is 0.126 e. The van der Waals surface area contributed by atoms with Crippen molar-refractivity contribution in [2.45, 2.75) is 72.3 Å². The van der Waals surface area contributed by atoms with Gasteiger partial charge in [0.15, 0.2) is 0 Å². The van der Waals surface area contributed by atoms with Gasteiger partial charge in [-0.1, -0.05) is 53.5 Å². The molecule has 0 saturated heterocycles. The van der Waals surface area contributed by atoms with Gasteiger partial charge in [-0.05, 0) is 36.3 Å². The van der Waals surface area contributed by atoms with Crippen LogP contribution in [0.4, 0.5) is 5.82 Å². The van der Waals surface area contributed by atoms with E-state index in [2.05, 4.69) is 64.0 Å². The van der Waals surface area contributed by atoms with Crippen molar-refractivity contribution < 1.29 is 0 Å². The molecule has 0 aliphatic rings. The third-order valence-electron chi connectivity index (χ3n) is 3.44. The monoisotopic (exact) mass is 262 g/mol. The van der Waals surface area contributed by atoms with E-state index in [0.29, 0.717) is 6.04 Å². The fourth-order valence-corrected chi connectivity index (χ4v) is 2.08. The molecule has 108 valence electrons. The highest BCUT2D eigenvalue weighted by Gasteiger charge is 2.13. The van der Waals surface area contributed by atoms with E-state index >= 15 is 0 Å². The second-order valence-corrected chi connectivity index (χ2v) is 7.05. The molecule has 1 aromatic heterocycles. The molecule has 0 spiro atoms. The zero-order valence-corrected chi connectivity index (χ0v) is 13.5. The zero-order valence-electron chi connectivity index (χ0n) is 13.5. The SMILES string of the molecule is CC(C)CCCC(C)Nc1ccc(C(C)(C)C)cn1. The average molecular weight is 262 g/mol. The van der Waals surface area contributed by atoms with Crippen LogP contribution in [-0.2, 0) is 5.41 Å². The van der Waals surface area contributed by atoms with Crippen LogP contribution in [0.2, 0.25) is 0 Å². The summed E-state index contributed by atoms with van der Waals surface area (Å²) in [5.41, 5.74) is 1.46. The summed E-state index contributed by atoms with van der Waals surface area (Å²) in [6.45, 7) is 13.4. The fourth-order valence-electron chi connectivity index (χ4n) is 2.08. The number of nitrogens with one attached hydrogen (secondary N) is 1. The lowest BCUT2D eigenvalue weighted by Gasteiger charge is -2.20. The van der Waals surface area contributed by atoms with Gasteiger partial charge in [-0.3, -0.25) is 0 Å². The van der Waals surface area contributed by atoms with Crippen molar-refractivity contribution in [3.05, 3.63) is 23.9 Å². The Balaban J connectivity index is 2.44. The normalized spacial score (nSPS) is 13.6. The number of pyridine rings is 1. The van der Waals surface area contributed by atoms with E-state index in [1.807, 2.05) is 6.20 Å². The maximum absolute atomic E-state index is 4.52. The molecule has 19 heavy (non-hydrogen) atoms. The summed E-state index contributed by atoms with van der Waals surface area (Å²) < 4.78 is 0. The maximum atomic E-state index is 4.52. The summed E-state index contributed by atoms with van der Waals surface area (Å²) in [6.07, 6.45) is 5.79. The Morgan fingerprint density at radius 2 is 1.79 bits per heavy atom. The minimum atomic E-state index is 0.175. The molecule has 1 atom stereocenters. The van der Waals surface area contributed by atoms with Crippen molar-refractivity contribution in [2.24, 2.45) is 5.92 Å². The minimum Gasteiger partial charge on any atom is -0.368 e. The summed E-state index contributed by atoms with van der Waals surface area (Å²) >= 11 is 0. The van der Waals surface area contributed by atoms with E-state index in [0.717, 1.165) is 11.7 Å². The molecule has 0 aromatic carbocycles. The van der Waals surface area contributed by atoms with Crippen molar-refractivity contribution in [3.63, 3.8) is 0 Å². The molecular weight excluding hydrogens is 232 g/mol. The van der Waals surface area contributed by atoms with Gasteiger partial charge < -0.3 is 5.32 Å². The fraction of sp³-hybridized carbons (Fsp3) is 0.706. The van der Waals surface area contributed by atoms with Crippen molar-refractivity contribution in [3.8, 4) is 0 Å². The standard InChI is InChI=1S/C17H30N2/c1-13(2)8-7-9-14(3)19-16-11-10-15(12-18-16)17(4,5)6/h10-14H,7-9H2,1-6H3,(H,18,19). The highest BCUT2D eigenvalue weighted by Crippen LogP contribution is 2.22. The first kappa shape index (κ1) is 16.0. The van der Waals surface area contributed by atoms with E-state index in [-0.39, 0.29) is 5.41 Å². The number of rotatable bonds is 6. The molecule has 1 rings (SSSR count). The average Bonchev–Trinajstić information content (AvgIpc) is 2.27. The molecular formula is C17H30N2. The van der Waals surface area contributed by atoms with Crippen LogP contribution in [0, 0.1) is 5.92 Å². The number of hydrogen-bond donors (Lipinski definition) is 1. The molecule has 1 unspecified atom stereocenters. The van der Waals surface area contributed by atoms with E-state index in [9.17, 15) is 0 Å². The quantitative estimate of drug-likeness (QED) is 0.780. The first-order valence-corrected chi connectivity index (χ1v) is 7.52. The van der Waals surface area contributed by atoms with Gasteiger partial charge in [0.2, 0.25) is 0 Å². The molecule has 1 aromatic rings. The number of nitrogens with zero attached hydrogens (tertiary/aromatic N) is 1. The molecule has 0 radical (unpaired) electrons. The van der Waals surface area contributed by atoms with Gasteiger partial charge >= 0.3 is 0 Å². The van der Waals surface area contributed by atoms with Gasteiger partial charge in [-0.2, -0.15) is 0 Å². The lowest BCUT2D eigenvalue weighted by molar-refractivity contribution is 0.520. The minimum absolute atomic E-state index is 0.175. The summed E-state index contributed by atoms with van der Waals surface area (Å²) in [5.74, 6) is 1.79. The van der Waals surface area contributed by atoms with Crippen LogP contribution in [0.1, 0.15) is 66.4 Å². The summed E-state index contributed by atoms with van der Waals surface area (Å²) in [4.78, 5) is 4.52. The third kappa shape index (κ3) is 6.09. The number of aromatic nitrogens is 1. The molecule has 0 saturated carbocycles. The molecule has 0 fully saturated rings. The second kappa shape index (κ2) is 6.93. The Morgan fingerprint density at radius 3 is 2.26 bits per heavy atom. The van der Waals surface area contributed by atoms with Gasteiger partial charge in [0.05, 0.1) is 0 Å². The Morgan fingerprint density at radius 1 is 1.11 bits per heavy atom. The van der Waals surface area contributed by atoms with E-state index in [4.69, 9.17) is 0 Å². The van der Waals surface area contributed by atoms with Crippen LogP contribution in [0.15, 0.2) is 18.3 Å². The van der Waals surface area contributed by atoms with E-state index < -0.39 is 0 Å². The van der Waals surface area contributed by atoms with Gasteiger partial charge in [-0.15, -0.1) is 0 Å². The zero-order chi connectivity index (χ0) is 14.5. The predicted octanol–water partition coefficient (Wildman–Crippen LogP) is 5.01. The van der Waals surface area contributed by atoms with E-state index in [1.54, 1.807) is 0 Å². The molecule has 2 heteroatoms. The largest absolute Gasteiger partial charge is 0.368 e. The van der Waals surface area contributed by atoms with Crippen molar-refractivity contribution in [1.29, 1.82) is 0 Å². The van der Waals surface area contributed by atoms with Crippen molar-refractivity contribution in [1.82, 2.24) is 4.98 Å².